The first-order valence-corrected chi connectivity index (χ1v) is 2.83. The maximum Gasteiger partial charge on any atom is 0.212 e. The normalized spacial score (nSPS) is 8.50. The lowest BCUT2D eigenvalue weighted by Crippen LogP contribution is -1.91. The fourth-order valence-corrected chi connectivity index (χ4v) is 0.747. The minimum atomic E-state index is 0.560. The largest absolute Gasteiger partial charge is 0.313 e. The van der Waals surface area contributed by atoms with Gasteiger partial charge >= 0.3 is 0 Å². The van der Waals surface area contributed by atoms with E-state index in [1.54, 1.807) is 5.38 Å². The second-order valence-corrected chi connectivity index (χ2v) is 1.74. The number of rotatable bonds is 2. The van der Waals surface area contributed by atoms with Crippen molar-refractivity contribution in [2.45, 2.75) is 0 Å². The molecule has 0 atom stereocenters. The molecule has 0 aliphatic heterocycles. The number of carbonyl (C=O) groups excluding carboxylic acids is 1. The minimum absolute atomic E-state index is 0.560. The molecule has 0 saturated carbocycles. The first-order valence-electron chi connectivity index (χ1n) is 1.95. The molecule has 3 nitrogen and oxygen atoms in total. The molecule has 41 valence electrons. The molecule has 1 amide bonds. The monoisotopic (exact) mass is 127 g/mol. The summed E-state index contributed by atoms with van der Waals surface area (Å²) in [6.07, 6.45) is 0.586. The molecule has 0 unspecified atom stereocenters. The number of carbonyl (C=O) groups is 1. The summed E-state index contributed by atoms with van der Waals surface area (Å²) in [5.41, 5.74) is 2.58. The van der Waals surface area contributed by atoms with Crippen molar-refractivity contribution in [3.8, 4) is 0 Å². The molecule has 0 aliphatic carbocycles. The molecular weight excluding hydrogens is 124 g/mol. The van der Waals surface area contributed by atoms with Crippen LogP contribution in [0.3, 0.4) is 0 Å². The molecule has 4 heteroatoms. The second kappa shape index (κ2) is 2.42. The predicted octanol–water partition coefficient (Wildman–Crippen LogP) is 0.512. The van der Waals surface area contributed by atoms with Gasteiger partial charge in [-0.1, -0.05) is 0 Å². The van der Waals surface area contributed by atoms with Gasteiger partial charge in [-0.2, -0.15) is 0 Å². The lowest BCUT2D eigenvalue weighted by Gasteiger charge is -1.83. The van der Waals surface area contributed by atoms with Crippen molar-refractivity contribution in [3.05, 3.63) is 10.9 Å². The van der Waals surface area contributed by atoms with Gasteiger partial charge in [-0.15, -0.1) is 11.3 Å². The van der Waals surface area contributed by atoms with E-state index in [-0.39, 0.29) is 0 Å². The molecule has 0 fully saturated rings. The van der Waals surface area contributed by atoms with E-state index in [0.29, 0.717) is 12.2 Å². The molecule has 1 rings (SSSR count). The Balaban J connectivity index is 2.62. The maximum atomic E-state index is 9.71. The molecule has 1 aromatic heterocycles. The molecular formula is C4H3N2OS. The molecule has 0 aromatic carbocycles. The van der Waals surface area contributed by atoms with Crippen LogP contribution in [0, 0.1) is 5.51 Å². The summed E-state index contributed by atoms with van der Waals surface area (Å²) in [6, 6.07) is 0. The van der Waals surface area contributed by atoms with Crippen LogP contribution in [0.1, 0.15) is 0 Å². The second-order valence-electron chi connectivity index (χ2n) is 1.09. The SMILES string of the molecule is O=CNc1cs[c]n1. The highest BCUT2D eigenvalue weighted by Crippen LogP contribution is 2.03. The van der Waals surface area contributed by atoms with Crippen LogP contribution in [0.4, 0.5) is 5.82 Å². The highest BCUT2D eigenvalue weighted by Gasteiger charge is 1.86. The Bertz CT molecular complexity index is 161. The van der Waals surface area contributed by atoms with Crippen LogP contribution in [0.2, 0.25) is 0 Å². The number of hydrogen-bond acceptors (Lipinski definition) is 3. The van der Waals surface area contributed by atoms with Gasteiger partial charge in [-0.05, 0) is 0 Å². The lowest BCUT2D eigenvalue weighted by molar-refractivity contribution is -0.105. The number of hydrogen-bond donors (Lipinski definition) is 1. The lowest BCUT2D eigenvalue weighted by atomic mass is 10.8. The van der Waals surface area contributed by atoms with E-state index < -0.39 is 0 Å². The zero-order chi connectivity index (χ0) is 5.82. The Kier molecular flexibility index (Phi) is 1.58. The third-order valence-corrected chi connectivity index (χ3v) is 1.13. The highest BCUT2D eigenvalue weighted by atomic mass is 32.1. The van der Waals surface area contributed by atoms with Gasteiger partial charge in [0, 0.05) is 5.38 Å². The van der Waals surface area contributed by atoms with E-state index in [0.717, 1.165) is 0 Å². The number of amides is 1. The molecule has 1 radical (unpaired) electrons. The predicted molar refractivity (Wildman–Crippen MR) is 30.6 cm³/mol. The molecule has 0 aliphatic rings. The number of aromatic nitrogens is 1. The summed E-state index contributed by atoms with van der Waals surface area (Å²) in [7, 11) is 0. The average Bonchev–Trinajstić information content (AvgIpc) is 2.19. The standard InChI is InChI=1S/C4H3N2OS/c7-2-5-4-1-8-3-6-4/h1-2H,(H,5,7). The zero-order valence-electron chi connectivity index (χ0n) is 3.92. The molecule has 1 N–H and O–H groups in total. The summed E-state index contributed by atoms with van der Waals surface area (Å²) < 4.78 is 0. The molecule has 0 spiro atoms. The van der Waals surface area contributed by atoms with E-state index >= 15 is 0 Å². The van der Waals surface area contributed by atoms with Crippen molar-refractivity contribution in [1.82, 2.24) is 4.98 Å². The van der Waals surface area contributed by atoms with E-state index in [1.165, 1.54) is 11.3 Å². The Morgan fingerprint density at radius 2 is 2.88 bits per heavy atom. The number of anilines is 1. The number of nitrogens with zero attached hydrogens (tertiary/aromatic N) is 1. The van der Waals surface area contributed by atoms with Crippen LogP contribution in [0.25, 0.3) is 0 Å². The fourth-order valence-electron chi connectivity index (χ4n) is 0.311. The summed E-state index contributed by atoms with van der Waals surface area (Å²) >= 11 is 1.32. The van der Waals surface area contributed by atoms with Gasteiger partial charge in [0.25, 0.3) is 0 Å². The smallest absolute Gasteiger partial charge is 0.212 e. The Labute approximate surface area is 50.4 Å². The first kappa shape index (κ1) is 5.24. The Morgan fingerprint density at radius 3 is 3.38 bits per heavy atom. The van der Waals surface area contributed by atoms with E-state index in [1.807, 2.05) is 0 Å². The van der Waals surface area contributed by atoms with Crippen molar-refractivity contribution in [1.29, 1.82) is 0 Å². The Morgan fingerprint density at radius 1 is 2.00 bits per heavy atom. The summed E-state index contributed by atoms with van der Waals surface area (Å²) in [4.78, 5) is 13.4. The Hall–Kier alpha value is -0.900. The third kappa shape index (κ3) is 1.04. The van der Waals surface area contributed by atoms with Crippen molar-refractivity contribution < 1.29 is 4.79 Å². The summed E-state index contributed by atoms with van der Waals surface area (Å²) in [5.74, 6) is 0.560. The van der Waals surface area contributed by atoms with Crippen LogP contribution < -0.4 is 5.32 Å². The molecule has 1 heterocycles. The van der Waals surface area contributed by atoms with Gasteiger partial charge in [-0.25, -0.2) is 4.98 Å². The van der Waals surface area contributed by atoms with E-state index in [9.17, 15) is 4.79 Å². The number of thiazole rings is 1. The van der Waals surface area contributed by atoms with Crippen LogP contribution in [-0.4, -0.2) is 11.4 Å². The quantitative estimate of drug-likeness (QED) is 0.588. The van der Waals surface area contributed by atoms with Gasteiger partial charge in [0.05, 0.1) is 0 Å². The maximum absolute atomic E-state index is 9.71. The van der Waals surface area contributed by atoms with Gasteiger partial charge in [0.2, 0.25) is 6.41 Å². The summed E-state index contributed by atoms with van der Waals surface area (Å²) in [5, 5.41) is 4.08. The van der Waals surface area contributed by atoms with Gasteiger partial charge in [0.1, 0.15) is 5.82 Å². The fraction of sp³-hybridized carbons (Fsp3) is 0. The number of nitrogens with one attached hydrogen (secondary N) is 1. The van der Waals surface area contributed by atoms with Crippen LogP contribution in [0.5, 0.6) is 0 Å². The van der Waals surface area contributed by atoms with Crippen LogP contribution in [-0.2, 0) is 4.79 Å². The molecule has 0 bridgehead atoms. The topological polar surface area (TPSA) is 42.0 Å². The van der Waals surface area contributed by atoms with Crippen molar-refractivity contribution in [3.63, 3.8) is 0 Å². The van der Waals surface area contributed by atoms with E-state index in [4.69, 9.17) is 0 Å². The minimum Gasteiger partial charge on any atom is -0.313 e. The van der Waals surface area contributed by atoms with E-state index in [2.05, 4.69) is 15.8 Å². The van der Waals surface area contributed by atoms with Crippen LogP contribution >= 0.6 is 11.3 Å². The molecule has 8 heavy (non-hydrogen) atoms. The van der Waals surface area contributed by atoms with Gasteiger partial charge in [0.15, 0.2) is 5.51 Å². The zero-order valence-corrected chi connectivity index (χ0v) is 4.73. The average molecular weight is 127 g/mol. The third-order valence-electron chi connectivity index (χ3n) is 0.596. The van der Waals surface area contributed by atoms with Gasteiger partial charge < -0.3 is 5.32 Å². The molecule has 0 saturated heterocycles. The highest BCUT2D eigenvalue weighted by molar-refractivity contribution is 7.07. The van der Waals surface area contributed by atoms with Crippen LogP contribution in [0.15, 0.2) is 5.38 Å². The van der Waals surface area contributed by atoms with Gasteiger partial charge in [-0.3, -0.25) is 4.79 Å². The van der Waals surface area contributed by atoms with Crippen molar-refractivity contribution >= 4 is 23.6 Å². The van der Waals surface area contributed by atoms with Crippen molar-refractivity contribution in [2.75, 3.05) is 5.32 Å². The molecule has 1 aromatic rings. The summed E-state index contributed by atoms with van der Waals surface area (Å²) in [6.45, 7) is 0. The van der Waals surface area contributed by atoms with Crippen molar-refractivity contribution in [2.24, 2.45) is 0 Å². The first-order chi connectivity index (χ1) is 3.93.